The highest BCUT2D eigenvalue weighted by Crippen LogP contribution is 2.31. The first-order valence-corrected chi connectivity index (χ1v) is 6.07. The van der Waals surface area contributed by atoms with Crippen molar-refractivity contribution in [2.75, 3.05) is 7.11 Å². The van der Waals surface area contributed by atoms with Gasteiger partial charge in [-0.3, -0.25) is 4.79 Å². The van der Waals surface area contributed by atoms with Crippen LogP contribution in [0.1, 0.15) is 38.8 Å². The molecular formula is C15H22O3. The summed E-state index contributed by atoms with van der Waals surface area (Å²) in [6.45, 7) is 7.46. The van der Waals surface area contributed by atoms with Gasteiger partial charge in [-0.15, -0.1) is 0 Å². The van der Waals surface area contributed by atoms with Crippen molar-refractivity contribution in [2.45, 2.75) is 39.7 Å². The number of hydrogen-bond donors (Lipinski definition) is 1. The molecule has 1 N–H and O–H groups in total. The molecule has 0 saturated carbocycles. The summed E-state index contributed by atoms with van der Waals surface area (Å²) in [6, 6.07) is 7.85. The number of carboxylic acids is 1. The van der Waals surface area contributed by atoms with Gasteiger partial charge in [-0.05, 0) is 45.2 Å². The molecule has 0 heterocycles. The van der Waals surface area contributed by atoms with Crippen LogP contribution in [0, 0.1) is 5.41 Å². The van der Waals surface area contributed by atoms with Crippen molar-refractivity contribution in [1.82, 2.24) is 0 Å². The number of ether oxygens (including phenoxy) is 1. The summed E-state index contributed by atoms with van der Waals surface area (Å²) in [7, 11) is 1.67. The van der Waals surface area contributed by atoms with E-state index in [1.807, 2.05) is 38.1 Å². The Kier molecular flexibility index (Phi) is 4.17. The fraction of sp³-hybridized carbons (Fsp3) is 0.533. The van der Waals surface area contributed by atoms with E-state index in [1.54, 1.807) is 21.0 Å². The van der Waals surface area contributed by atoms with E-state index < -0.39 is 17.0 Å². The van der Waals surface area contributed by atoms with E-state index in [0.29, 0.717) is 6.42 Å². The van der Waals surface area contributed by atoms with Gasteiger partial charge in [0.15, 0.2) is 0 Å². The number of benzene rings is 1. The van der Waals surface area contributed by atoms with Crippen molar-refractivity contribution in [3.8, 4) is 0 Å². The minimum atomic E-state index is -0.785. The third kappa shape index (κ3) is 3.10. The van der Waals surface area contributed by atoms with Gasteiger partial charge in [0.2, 0.25) is 0 Å². The highest BCUT2D eigenvalue weighted by molar-refractivity contribution is 5.74. The van der Waals surface area contributed by atoms with E-state index in [9.17, 15) is 9.90 Å². The Morgan fingerprint density at radius 1 is 1.22 bits per heavy atom. The lowest BCUT2D eigenvalue weighted by Crippen LogP contribution is -2.29. The van der Waals surface area contributed by atoms with Crippen LogP contribution in [-0.2, 0) is 21.6 Å². The van der Waals surface area contributed by atoms with Crippen LogP contribution in [-0.4, -0.2) is 18.2 Å². The monoisotopic (exact) mass is 250 g/mol. The Hall–Kier alpha value is -1.35. The smallest absolute Gasteiger partial charge is 0.309 e. The SMILES string of the molecule is COC(C)(C)c1ccccc1CC(C)(C)C(=O)O. The highest BCUT2D eigenvalue weighted by Gasteiger charge is 2.31. The topological polar surface area (TPSA) is 46.5 Å². The third-order valence-electron chi connectivity index (χ3n) is 3.39. The predicted molar refractivity (Wildman–Crippen MR) is 71.6 cm³/mol. The Morgan fingerprint density at radius 2 is 1.78 bits per heavy atom. The van der Waals surface area contributed by atoms with Gasteiger partial charge in [-0.2, -0.15) is 0 Å². The summed E-state index contributed by atoms with van der Waals surface area (Å²) < 4.78 is 5.49. The molecule has 1 rings (SSSR count). The highest BCUT2D eigenvalue weighted by atomic mass is 16.5. The van der Waals surface area contributed by atoms with Crippen molar-refractivity contribution >= 4 is 5.97 Å². The summed E-state index contributed by atoms with van der Waals surface area (Å²) >= 11 is 0. The Balaban J connectivity index is 3.15. The molecule has 3 nitrogen and oxygen atoms in total. The van der Waals surface area contributed by atoms with Crippen molar-refractivity contribution < 1.29 is 14.6 Å². The zero-order chi connectivity index (χ0) is 14.0. The van der Waals surface area contributed by atoms with Crippen LogP contribution in [0.2, 0.25) is 0 Å². The summed E-state index contributed by atoms with van der Waals surface area (Å²) in [4.78, 5) is 11.2. The molecule has 0 aromatic heterocycles. The molecule has 3 heteroatoms. The van der Waals surface area contributed by atoms with Crippen LogP contribution in [0.25, 0.3) is 0 Å². The molecule has 0 bridgehead atoms. The third-order valence-corrected chi connectivity index (χ3v) is 3.39. The fourth-order valence-corrected chi connectivity index (χ4v) is 1.92. The maximum Gasteiger partial charge on any atom is 0.309 e. The molecule has 0 aliphatic rings. The number of methoxy groups -OCH3 is 1. The number of carbonyl (C=O) groups is 1. The molecule has 0 fully saturated rings. The first kappa shape index (κ1) is 14.7. The average Bonchev–Trinajstić information content (AvgIpc) is 2.29. The molecule has 0 radical (unpaired) electrons. The molecule has 0 saturated heterocycles. The fourth-order valence-electron chi connectivity index (χ4n) is 1.92. The van der Waals surface area contributed by atoms with Crippen LogP contribution in [0.5, 0.6) is 0 Å². The first-order valence-electron chi connectivity index (χ1n) is 6.07. The second-order valence-corrected chi connectivity index (χ2v) is 5.74. The Labute approximate surface area is 109 Å². The summed E-state index contributed by atoms with van der Waals surface area (Å²) in [5, 5.41) is 9.22. The largest absolute Gasteiger partial charge is 0.481 e. The van der Waals surface area contributed by atoms with Crippen molar-refractivity contribution in [2.24, 2.45) is 5.41 Å². The standard InChI is InChI=1S/C15H22O3/c1-14(2,13(16)17)10-11-8-6-7-9-12(11)15(3,4)18-5/h6-9H,10H2,1-5H3,(H,16,17). The van der Waals surface area contributed by atoms with Crippen LogP contribution in [0.15, 0.2) is 24.3 Å². The molecule has 0 amide bonds. The second kappa shape index (κ2) is 5.11. The molecule has 0 atom stereocenters. The summed E-state index contributed by atoms with van der Waals surface area (Å²) in [5.41, 5.74) is 0.879. The molecule has 0 aliphatic carbocycles. The molecule has 100 valence electrons. The van der Waals surface area contributed by atoms with Gasteiger partial charge in [-0.25, -0.2) is 0 Å². The average molecular weight is 250 g/mol. The van der Waals surface area contributed by atoms with E-state index in [0.717, 1.165) is 11.1 Å². The van der Waals surface area contributed by atoms with Crippen LogP contribution >= 0.6 is 0 Å². The van der Waals surface area contributed by atoms with Crippen molar-refractivity contribution in [1.29, 1.82) is 0 Å². The maximum atomic E-state index is 11.2. The van der Waals surface area contributed by atoms with Gasteiger partial charge in [0.1, 0.15) is 0 Å². The van der Waals surface area contributed by atoms with E-state index in [2.05, 4.69) is 0 Å². The first-order chi connectivity index (χ1) is 8.20. The lowest BCUT2D eigenvalue weighted by molar-refractivity contribution is -0.146. The van der Waals surface area contributed by atoms with Crippen LogP contribution in [0.3, 0.4) is 0 Å². The zero-order valence-electron chi connectivity index (χ0n) is 11.8. The molecule has 0 aliphatic heterocycles. The van der Waals surface area contributed by atoms with E-state index >= 15 is 0 Å². The van der Waals surface area contributed by atoms with Gasteiger partial charge in [0.25, 0.3) is 0 Å². The maximum absolute atomic E-state index is 11.2. The Bertz CT molecular complexity index is 433. The normalized spacial score (nSPS) is 12.5. The van der Waals surface area contributed by atoms with E-state index in [-0.39, 0.29) is 0 Å². The summed E-state index contributed by atoms with van der Waals surface area (Å²) in [6.07, 6.45) is 0.491. The lowest BCUT2D eigenvalue weighted by atomic mass is 9.81. The van der Waals surface area contributed by atoms with E-state index in [1.165, 1.54) is 0 Å². The molecule has 1 aromatic carbocycles. The number of hydrogen-bond acceptors (Lipinski definition) is 2. The van der Waals surface area contributed by atoms with Crippen LogP contribution in [0.4, 0.5) is 0 Å². The molecular weight excluding hydrogens is 228 g/mol. The minimum Gasteiger partial charge on any atom is -0.481 e. The minimum absolute atomic E-state index is 0.412. The van der Waals surface area contributed by atoms with E-state index in [4.69, 9.17) is 4.74 Å². The van der Waals surface area contributed by atoms with Gasteiger partial charge < -0.3 is 9.84 Å². The van der Waals surface area contributed by atoms with Gasteiger partial charge in [-0.1, -0.05) is 24.3 Å². The number of rotatable bonds is 5. The summed E-state index contributed by atoms with van der Waals surface area (Å²) in [5.74, 6) is -0.785. The van der Waals surface area contributed by atoms with Crippen molar-refractivity contribution in [3.05, 3.63) is 35.4 Å². The van der Waals surface area contributed by atoms with Crippen molar-refractivity contribution in [3.63, 3.8) is 0 Å². The van der Waals surface area contributed by atoms with Crippen LogP contribution < -0.4 is 0 Å². The zero-order valence-corrected chi connectivity index (χ0v) is 11.8. The van der Waals surface area contributed by atoms with Gasteiger partial charge in [0, 0.05) is 7.11 Å². The quantitative estimate of drug-likeness (QED) is 0.872. The number of aliphatic carboxylic acids is 1. The van der Waals surface area contributed by atoms with Gasteiger partial charge >= 0.3 is 5.97 Å². The second-order valence-electron chi connectivity index (χ2n) is 5.74. The lowest BCUT2D eigenvalue weighted by Gasteiger charge is -2.28. The molecule has 18 heavy (non-hydrogen) atoms. The number of carboxylic acid groups (broad SMARTS) is 1. The molecule has 1 aromatic rings. The molecule has 0 unspecified atom stereocenters. The van der Waals surface area contributed by atoms with Gasteiger partial charge in [0.05, 0.1) is 11.0 Å². The Morgan fingerprint density at radius 3 is 2.28 bits per heavy atom. The predicted octanol–water partition coefficient (Wildman–Crippen LogP) is 3.22. The molecule has 0 spiro atoms.